The lowest BCUT2D eigenvalue weighted by atomic mass is 9.66. The molecule has 0 aromatic rings. The van der Waals surface area contributed by atoms with Crippen molar-refractivity contribution < 1.29 is 5.11 Å². The lowest BCUT2D eigenvalue weighted by Gasteiger charge is -2.41. The molecule has 1 saturated carbocycles. The zero-order chi connectivity index (χ0) is 19.1. The van der Waals surface area contributed by atoms with Crippen LogP contribution in [0.2, 0.25) is 0 Å². The van der Waals surface area contributed by atoms with Gasteiger partial charge in [0, 0.05) is 11.2 Å². The van der Waals surface area contributed by atoms with Crippen molar-refractivity contribution in [1.29, 1.82) is 0 Å². The van der Waals surface area contributed by atoms with Crippen LogP contribution in [0.4, 0.5) is 0 Å². The fourth-order valence-corrected chi connectivity index (χ4v) is 5.34. The van der Waals surface area contributed by atoms with Crippen molar-refractivity contribution in [3.63, 3.8) is 0 Å². The first kappa shape index (κ1) is 21.8. The van der Waals surface area contributed by atoms with E-state index in [0.29, 0.717) is 28.9 Å². The van der Waals surface area contributed by atoms with Crippen LogP contribution in [-0.2, 0) is 0 Å². The summed E-state index contributed by atoms with van der Waals surface area (Å²) < 4.78 is 0. The summed E-state index contributed by atoms with van der Waals surface area (Å²) in [5, 5.41) is 10.9. The quantitative estimate of drug-likeness (QED) is 0.412. The Balaban J connectivity index is 0.000000197. The second kappa shape index (κ2) is 10.8. The van der Waals surface area contributed by atoms with Gasteiger partial charge in [0.1, 0.15) is 0 Å². The molecule has 6 atom stereocenters. The molecule has 0 radical (unpaired) electrons. The molecule has 0 aromatic carbocycles. The van der Waals surface area contributed by atoms with E-state index >= 15 is 0 Å². The Morgan fingerprint density at radius 3 is 2.69 bits per heavy atom. The molecule has 0 amide bonds. The Kier molecular flexibility index (Phi) is 9.03. The lowest BCUT2D eigenvalue weighted by Crippen LogP contribution is -2.37. The molecule has 0 heterocycles. The molecule has 0 spiro atoms. The number of aliphatic hydroxyl groups excluding tert-OH is 1. The molecule has 3 rings (SSSR count). The van der Waals surface area contributed by atoms with Crippen molar-refractivity contribution in [2.75, 3.05) is 0 Å². The first-order valence-electron chi connectivity index (χ1n) is 10.9. The van der Waals surface area contributed by atoms with Gasteiger partial charge >= 0.3 is 0 Å². The molecule has 2 heteroatoms. The van der Waals surface area contributed by atoms with E-state index in [9.17, 15) is 5.11 Å². The summed E-state index contributed by atoms with van der Waals surface area (Å²) in [6.45, 7) is 8.94. The summed E-state index contributed by atoms with van der Waals surface area (Å²) in [5.74, 6) is 2.16. The third-order valence-electron chi connectivity index (χ3n) is 6.34. The van der Waals surface area contributed by atoms with Gasteiger partial charge in [0.2, 0.25) is 0 Å². The van der Waals surface area contributed by atoms with Gasteiger partial charge in [-0.15, -0.1) is 0 Å². The Morgan fingerprint density at radius 2 is 2.04 bits per heavy atom. The van der Waals surface area contributed by atoms with Gasteiger partial charge in [-0.1, -0.05) is 70.4 Å². The molecule has 0 saturated heterocycles. The molecule has 1 fully saturated rings. The van der Waals surface area contributed by atoms with Crippen molar-refractivity contribution in [3.8, 4) is 0 Å². The van der Waals surface area contributed by atoms with Gasteiger partial charge in [0.25, 0.3) is 0 Å². The summed E-state index contributed by atoms with van der Waals surface area (Å²) in [4.78, 5) is 0. The molecule has 0 aliphatic heterocycles. The Labute approximate surface area is 167 Å². The van der Waals surface area contributed by atoms with Gasteiger partial charge in [0.15, 0.2) is 0 Å². The molecule has 148 valence electrons. The Bertz CT molecular complexity index is 518. The molecule has 3 aliphatic carbocycles. The van der Waals surface area contributed by atoms with Gasteiger partial charge in [-0.2, -0.15) is 12.6 Å². The molecule has 1 N–H and O–H groups in total. The predicted molar refractivity (Wildman–Crippen MR) is 118 cm³/mol. The van der Waals surface area contributed by atoms with Gasteiger partial charge < -0.3 is 5.11 Å². The Hall–Kier alpha value is -0.470. The highest BCUT2D eigenvalue weighted by Gasteiger charge is 2.37. The highest BCUT2D eigenvalue weighted by Crippen LogP contribution is 2.42. The van der Waals surface area contributed by atoms with E-state index in [0.717, 1.165) is 6.42 Å². The number of allylic oxidation sites excluding steroid dienone is 5. The molecule has 1 nitrogen and oxygen atoms in total. The SMILES string of the molecule is CCC/C=C1/CCCC(S)C1.CC[C@@H]1[C@@H]2C(=C[C@H](C)C[C@@H]2O)C=C[C@@H]1C. The molecule has 0 aromatic heterocycles. The van der Waals surface area contributed by atoms with Gasteiger partial charge in [-0.25, -0.2) is 0 Å². The van der Waals surface area contributed by atoms with Crippen molar-refractivity contribution in [2.45, 2.75) is 90.4 Å². The van der Waals surface area contributed by atoms with E-state index < -0.39 is 0 Å². The minimum absolute atomic E-state index is 0.127. The van der Waals surface area contributed by atoms with Crippen molar-refractivity contribution in [1.82, 2.24) is 0 Å². The molecular formula is C24H40OS. The maximum absolute atomic E-state index is 10.2. The van der Waals surface area contributed by atoms with Crippen LogP contribution >= 0.6 is 12.6 Å². The van der Waals surface area contributed by atoms with E-state index in [-0.39, 0.29) is 6.10 Å². The Morgan fingerprint density at radius 1 is 1.27 bits per heavy atom. The number of hydrogen-bond donors (Lipinski definition) is 2. The summed E-state index contributed by atoms with van der Waals surface area (Å²) in [6, 6.07) is 0. The fourth-order valence-electron chi connectivity index (χ4n) is 4.92. The third kappa shape index (κ3) is 6.02. The van der Waals surface area contributed by atoms with Crippen LogP contribution in [0.15, 0.2) is 35.5 Å². The number of thiol groups is 1. The number of aliphatic hydroxyl groups is 1. The summed E-state index contributed by atoms with van der Waals surface area (Å²) in [7, 11) is 0. The first-order chi connectivity index (χ1) is 12.5. The molecular weight excluding hydrogens is 336 g/mol. The molecule has 3 aliphatic rings. The van der Waals surface area contributed by atoms with Crippen LogP contribution in [0, 0.1) is 23.7 Å². The van der Waals surface area contributed by atoms with Crippen LogP contribution in [0.3, 0.4) is 0 Å². The van der Waals surface area contributed by atoms with Crippen LogP contribution in [0.1, 0.15) is 79.1 Å². The van der Waals surface area contributed by atoms with Crippen molar-refractivity contribution in [3.05, 3.63) is 35.5 Å². The minimum atomic E-state index is -0.127. The number of fused-ring (bicyclic) bond motifs is 1. The predicted octanol–water partition coefficient (Wildman–Crippen LogP) is 6.75. The second-order valence-electron chi connectivity index (χ2n) is 8.66. The highest BCUT2D eigenvalue weighted by molar-refractivity contribution is 7.80. The topological polar surface area (TPSA) is 20.2 Å². The van der Waals surface area contributed by atoms with E-state index in [4.69, 9.17) is 0 Å². The van der Waals surface area contributed by atoms with Crippen LogP contribution in [-0.4, -0.2) is 16.5 Å². The number of hydrogen-bond acceptors (Lipinski definition) is 2. The van der Waals surface area contributed by atoms with Crippen LogP contribution < -0.4 is 0 Å². The monoisotopic (exact) mass is 376 g/mol. The van der Waals surface area contributed by atoms with Gasteiger partial charge in [-0.05, 0) is 61.9 Å². The van der Waals surface area contributed by atoms with Gasteiger partial charge in [-0.3, -0.25) is 0 Å². The smallest absolute Gasteiger partial charge is 0.0617 e. The normalized spacial score (nSPS) is 38.2. The fraction of sp³-hybridized carbons (Fsp3) is 0.750. The third-order valence-corrected chi connectivity index (χ3v) is 6.79. The molecule has 1 unspecified atom stereocenters. The van der Waals surface area contributed by atoms with Crippen molar-refractivity contribution >= 4 is 12.6 Å². The van der Waals surface area contributed by atoms with Crippen molar-refractivity contribution in [2.24, 2.45) is 23.7 Å². The summed E-state index contributed by atoms with van der Waals surface area (Å²) in [6.07, 6.45) is 19.1. The van der Waals surface area contributed by atoms with Crippen LogP contribution in [0.5, 0.6) is 0 Å². The van der Waals surface area contributed by atoms with E-state index in [1.165, 1.54) is 50.5 Å². The average molecular weight is 377 g/mol. The van der Waals surface area contributed by atoms with E-state index in [1.807, 2.05) is 0 Å². The number of rotatable bonds is 3. The standard InChI is InChI=1S/C14H22O.C10H18S/c1-4-12-10(3)5-6-11-7-9(2)8-13(15)14(11)12;1-2-3-5-9-6-4-7-10(11)8-9/h5-7,9-10,12-15H,4,8H2,1-3H3;5,10-11H,2-4,6-8H2,1H3/b;9-5-/t9-,10-,12-,13-,14-;/m0./s1. The van der Waals surface area contributed by atoms with E-state index in [2.05, 4.69) is 64.6 Å². The lowest BCUT2D eigenvalue weighted by molar-refractivity contribution is 0.0550. The first-order valence-corrected chi connectivity index (χ1v) is 11.4. The minimum Gasteiger partial charge on any atom is -0.392 e. The largest absolute Gasteiger partial charge is 0.392 e. The zero-order valence-corrected chi connectivity index (χ0v) is 18.2. The molecule has 0 bridgehead atoms. The zero-order valence-electron chi connectivity index (χ0n) is 17.3. The summed E-state index contributed by atoms with van der Waals surface area (Å²) >= 11 is 4.50. The second-order valence-corrected chi connectivity index (χ2v) is 9.39. The average Bonchev–Trinajstić information content (AvgIpc) is 2.61. The van der Waals surface area contributed by atoms with Crippen LogP contribution in [0.25, 0.3) is 0 Å². The number of unbranched alkanes of at least 4 members (excludes halogenated alkanes) is 1. The summed E-state index contributed by atoms with van der Waals surface area (Å²) in [5.41, 5.74) is 3.03. The van der Waals surface area contributed by atoms with Gasteiger partial charge in [0.05, 0.1) is 6.10 Å². The maximum Gasteiger partial charge on any atom is 0.0617 e. The van der Waals surface area contributed by atoms with E-state index in [1.54, 1.807) is 5.57 Å². The highest BCUT2D eigenvalue weighted by atomic mass is 32.1. The maximum atomic E-state index is 10.2. The molecule has 26 heavy (non-hydrogen) atoms.